The number of carbonyl (C=O) groups is 2. The Morgan fingerprint density at radius 3 is 2.67 bits per heavy atom. The highest BCUT2D eigenvalue weighted by Crippen LogP contribution is 2.24. The highest BCUT2D eigenvalue weighted by atomic mass is 32.1. The Balaban J connectivity index is 1.29. The Morgan fingerprint density at radius 2 is 1.94 bits per heavy atom. The van der Waals surface area contributed by atoms with E-state index in [1.54, 1.807) is 4.90 Å². The molecule has 8 heteroatoms. The zero-order valence-corrected chi connectivity index (χ0v) is 20.6. The molecule has 1 aromatic heterocycles. The highest BCUT2D eigenvalue weighted by Gasteiger charge is 2.32. The molecule has 2 fully saturated rings. The van der Waals surface area contributed by atoms with Crippen LogP contribution in [-0.4, -0.2) is 52.6 Å². The van der Waals surface area contributed by atoms with Gasteiger partial charge in [0.05, 0.1) is 6.04 Å². The van der Waals surface area contributed by atoms with Gasteiger partial charge in [-0.05, 0) is 56.0 Å². The summed E-state index contributed by atoms with van der Waals surface area (Å²) in [5, 5.41) is 12.5. The predicted octanol–water partition coefficient (Wildman–Crippen LogP) is 4.04. The van der Waals surface area contributed by atoms with Gasteiger partial charge >= 0.3 is 0 Å². The fourth-order valence-corrected chi connectivity index (χ4v) is 5.24. The van der Waals surface area contributed by atoms with E-state index in [2.05, 4.69) is 46.4 Å². The van der Waals surface area contributed by atoms with E-state index in [1.807, 2.05) is 12.1 Å². The van der Waals surface area contributed by atoms with Gasteiger partial charge in [0.15, 0.2) is 0 Å². The standard InChI is InChI=1S/C25H35N5O2S/c1-3-18(2)7-12-22-27-28-25(33-22)24(32)26-20-15-23(31)30(17-20)21-10-8-19(9-11-21)16-29-13-5-4-6-14-29/h8-11,18,20H,3-7,12-17H2,1-2H3,(H,26,32). The van der Waals surface area contributed by atoms with Crippen LogP contribution in [0.25, 0.3) is 0 Å². The summed E-state index contributed by atoms with van der Waals surface area (Å²) >= 11 is 1.35. The maximum atomic E-state index is 12.7. The number of carbonyl (C=O) groups excluding carboxylic acids is 2. The first-order chi connectivity index (χ1) is 16.0. The summed E-state index contributed by atoms with van der Waals surface area (Å²) in [6.45, 7) is 8.19. The van der Waals surface area contributed by atoms with Crippen molar-refractivity contribution in [3.63, 3.8) is 0 Å². The molecule has 33 heavy (non-hydrogen) atoms. The molecule has 4 rings (SSSR count). The average molecular weight is 470 g/mol. The maximum absolute atomic E-state index is 12.7. The molecule has 2 aliphatic rings. The van der Waals surface area contributed by atoms with Crippen molar-refractivity contribution in [2.24, 2.45) is 5.92 Å². The Hall–Kier alpha value is -2.32. The maximum Gasteiger partial charge on any atom is 0.282 e. The Bertz CT molecular complexity index is 939. The van der Waals surface area contributed by atoms with Crippen LogP contribution in [0.15, 0.2) is 24.3 Å². The zero-order valence-electron chi connectivity index (χ0n) is 19.8. The molecule has 2 saturated heterocycles. The first kappa shape index (κ1) is 23.8. The molecule has 1 aromatic carbocycles. The molecule has 7 nitrogen and oxygen atoms in total. The molecule has 2 atom stereocenters. The lowest BCUT2D eigenvalue weighted by Gasteiger charge is -2.26. The van der Waals surface area contributed by atoms with E-state index < -0.39 is 0 Å². The van der Waals surface area contributed by atoms with Crippen molar-refractivity contribution in [1.82, 2.24) is 20.4 Å². The second kappa shape index (κ2) is 11.2. The van der Waals surface area contributed by atoms with Gasteiger partial charge in [-0.1, -0.05) is 50.2 Å². The summed E-state index contributed by atoms with van der Waals surface area (Å²) < 4.78 is 0. The van der Waals surface area contributed by atoms with Gasteiger partial charge in [-0.25, -0.2) is 0 Å². The van der Waals surface area contributed by atoms with Gasteiger partial charge in [0, 0.05) is 31.6 Å². The summed E-state index contributed by atoms with van der Waals surface area (Å²) in [6, 6.07) is 8.06. The monoisotopic (exact) mass is 469 g/mol. The number of nitrogens with zero attached hydrogens (tertiary/aromatic N) is 4. The van der Waals surface area contributed by atoms with E-state index >= 15 is 0 Å². The zero-order chi connectivity index (χ0) is 23.2. The molecule has 2 aliphatic heterocycles. The third-order valence-electron chi connectivity index (χ3n) is 6.77. The van der Waals surface area contributed by atoms with Gasteiger partial charge < -0.3 is 10.2 Å². The van der Waals surface area contributed by atoms with Crippen molar-refractivity contribution in [3.05, 3.63) is 39.8 Å². The topological polar surface area (TPSA) is 78.4 Å². The molecule has 2 aromatic rings. The van der Waals surface area contributed by atoms with Crippen LogP contribution >= 0.6 is 11.3 Å². The van der Waals surface area contributed by atoms with Crippen LogP contribution in [0.1, 0.15) is 72.7 Å². The van der Waals surface area contributed by atoms with Crippen LogP contribution in [-0.2, 0) is 17.8 Å². The van der Waals surface area contributed by atoms with Crippen molar-refractivity contribution in [1.29, 1.82) is 0 Å². The van der Waals surface area contributed by atoms with Crippen molar-refractivity contribution in [2.75, 3.05) is 24.5 Å². The minimum absolute atomic E-state index is 0.0376. The third kappa shape index (κ3) is 6.38. The predicted molar refractivity (Wildman–Crippen MR) is 131 cm³/mol. The van der Waals surface area contributed by atoms with Crippen LogP contribution < -0.4 is 10.2 Å². The molecule has 1 N–H and O–H groups in total. The highest BCUT2D eigenvalue weighted by molar-refractivity contribution is 7.13. The first-order valence-electron chi connectivity index (χ1n) is 12.3. The van der Waals surface area contributed by atoms with E-state index in [1.165, 1.54) is 49.3 Å². The molecule has 3 heterocycles. The summed E-state index contributed by atoms with van der Waals surface area (Å²) in [7, 11) is 0. The van der Waals surface area contributed by atoms with E-state index in [0.717, 1.165) is 36.5 Å². The third-order valence-corrected chi connectivity index (χ3v) is 7.75. The molecule has 178 valence electrons. The van der Waals surface area contributed by atoms with Crippen molar-refractivity contribution in [2.45, 2.75) is 71.4 Å². The van der Waals surface area contributed by atoms with Crippen molar-refractivity contribution < 1.29 is 9.59 Å². The Morgan fingerprint density at radius 1 is 1.18 bits per heavy atom. The van der Waals surface area contributed by atoms with Crippen LogP contribution in [0.3, 0.4) is 0 Å². The number of piperidine rings is 1. The number of nitrogens with one attached hydrogen (secondary N) is 1. The number of aromatic nitrogens is 2. The van der Waals surface area contributed by atoms with Crippen LogP contribution in [0.5, 0.6) is 0 Å². The second-order valence-electron chi connectivity index (χ2n) is 9.44. The molecule has 0 spiro atoms. The normalized spacial score (nSPS) is 20.2. The second-order valence-corrected chi connectivity index (χ2v) is 10.5. The minimum atomic E-state index is -0.237. The van der Waals surface area contributed by atoms with Crippen molar-refractivity contribution >= 4 is 28.8 Å². The van der Waals surface area contributed by atoms with E-state index in [-0.39, 0.29) is 17.9 Å². The lowest BCUT2D eigenvalue weighted by atomic mass is 10.0. The number of benzene rings is 1. The first-order valence-corrected chi connectivity index (χ1v) is 13.1. The quantitative estimate of drug-likeness (QED) is 0.600. The molecule has 0 bridgehead atoms. The molecule has 0 radical (unpaired) electrons. The molecule has 0 saturated carbocycles. The summed E-state index contributed by atoms with van der Waals surface area (Å²) in [6.07, 6.45) is 7.25. The van der Waals surface area contributed by atoms with Gasteiger partial charge in [0.1, 0.15) is 5.01 Å². The number of anilines is 1. The molecular formula is C25H35N5O2S. The number of likely N-dealkylation sites (tertiary alicyclic amines) is 1. The number of hydrogen-bond donors (Lipinski definition) is 1. The molecule has 0 aliphatic carbocycles. The van der Waals surface area contributed by atoms with E-state index in [9.17, 15) is 9.59 Å². The Kier molecular flexibility index (Phi) is 8.09. The number of rotatable bonds is 9. The lowest BCUT2D eigenvalue weighted by molar-refractivity contribution is -0.117. The van der Waals surface area contributed by atoms with E-state index in [0.29, 0.717) is 23.9 Å². The fourth-order valence-electron chi connectivity index (χ4n) is 4.48. The number of hydrogen-bond acceptors (Lipinski definition) is 6. The molecular weight excluding hydrogens is 434 g/mol. The minimum Gasteiger partial charge on any atom is -0.345 e. The average Bonchev–Trinajstić information content (AvgIpc) is 3.45. The van der Waals surface area contributed by atoms with Gasteiger partial charge in [-0.15, -0.1) is 10.2 Å². The van der Waals surface area contributed by atoms with Gasteiger partial charge in [0.25, 0.3) is 5.91 Å². The number of aryl methyl sites for hydroxylation is 1. The van der Waals surface area contributed by atoms with Crippen molar-refractivity contribution in [3.8, 4) is 0 Å². The number of amides is 2. The van der Waals surface area contributed by atoms with Crippen LogP contribution in [0.2, 0.25) is 0 Å². The Labute approximate surface area is 200 Å². The van der Waals surface area contributed by atoms with Gasteiger partial charge in [0.2, 0.25) is 10.9 Å². The van der Waals surface area contributed by atoms with Gasteiger partial charge in [-0.3, -0.25) is 14.5 Å². The summed E-state index contributed by atoms with van der Waals surface area (Å²) in [4.78, 5) is 29.5. The summed E-state index contributed by atoms with van der Waals surface area (Å²) in [5.74, 6) is 0.440. The van der Waals surface area contributed by atoms with Crippen LogP contribution in [0, 0.1) is 5.92 Å². The fraction of sp³-hybridized carbons (Fsp3) is 0.600. The van der Waals surface area contributed by atoms with E-state index in [4.69, 9.17) is 0 Å². The lowest BCUT2D eigenvalue weighted by Crippen LogP contribution is -2.37. The molecule has 2 unspecified atom stereocenters. The largest absolute Gasteiger partial charge is 0.345 e. The van der Waals surface area contributed by atoms with Gasteiger partial charge in [-0.2, -0.15) is 0 Å². The molecule has 2 amide bonds. The van der Waals surface area contributed by atoms with Crippen LogP contribution in [0.4, 0.5) is 5.69 Å². The summed E-state index contributed by atoms with van der Waals surface area (Å²) in [5.41, 5.74) is 2.17. The SMILES string of the molecule is CCC(C)CCc1nnc(C(=O)NC2CC(=O)N(c3ccc(CN4CCCCC4)cc3)C2)s1. The smallest absolute Gasteiger partial charge is 0.282 e.